The van der Waals surface area contributed by atoms with Crippen LogP contribution in [0.2, 0.25) is 0 Å². The first-order chi connectivity index (χ1) is 11.8. The summed E-state index contributed by atoms with van der Waals surface area (Å²) in [4.78, 5) is 0. The number of benzene rings is 1. The molecule has 1 rings (SSSR count). The number of unbranched alkanes of at least 4 members (excludes halogenated alkanes) is 6. The fraction of sp³-hybridized carbons (Fsp3) is 0.529. The van der Waals surface area contributed by atoms with Crippen LogP contribution in [0.1, 0.15) is 51.4 Å². The van der Waals surface area contributed by atoms with E-state index in [0.717, 1.165) is 25.1 Å². The minimum absolute atomic E-state index is 0.0868. The number of allylic oxidation sites excluding steroid dienone is 1. The standard InChI is InChI=1S/C17H24ClFI.BF4/c18-14-10-5-3-1-2-4-7-11-16(19)15-20-17-12-8-6-9-13-17;2-1(3,4)5/h6,8-9,12-13,15H,1-5,7,10-11,14H2;/q+1;-1/b16-15-;. The smallest absolute Gasteiger partial charge is 0.418 e. The molecule has 0 atom stereocenters. The van der Waals surface area contributed by atoms with Crippen LogP contribution in [0.4, 0.5) is 21.7 Å². The zero-order valence-electron chi connectivity index (χ0n) is 14.1. The average Bonchev–Trinajstić information content (AvgIpc) is 2.55. The lowest BCUT2D eigenvalue weighted by molar-refractivity contribution is -0.558. The van der Waals surface area contributed by atoms with Crippen LogP contribution in [0, 0.1) is 3.57 Å². The number of halogens is 7. The molecule has 1 aromatic carbocycles. The predicted octanol–water partition coefficient (Wildman–Crippen LogP) is 4.42. The maximum absolute atomic E-state index is 13.6. The molecule has 0 amide bonds. The van der Waals surface area contributed by atoms with Gasteiger partial charge < -0.3 is 17.3 Å². The Morgan fingerprint density at radius 2 is 1.36 bits per heavy atom. The monoisotopic (exact) mass is 496 g/mol. The second-order valence-corrected chi connectivity index (χ2v) is 8.24. The van der Waals surface area contributed by atoms with Crippen molar-refractivity contribution < 1.29 is 42.9 Å². The van der Waals surface area contributed by atoms with E-state index in [4.69, 9.17) is 11.6 Å². The molecule has 0 aliphatic heterocycles. The Morgan fingerprint density at radius 1 is 0.880 bits per heavy atom. The number of hydrogen-bond donors (Lipinski definition) is 0. The Balaban J connectivity index is 0.00000101. The van der Waals surface area contributed by atoms with Gasteiger partial charge in [-0.2, -0.15) is 0 Å². The van der Waals surface area contributed by atoms with Crippen molar-refractivity contribution in [2.24, 2.45) is 0 Å². The summed E-state index contributed by atoms with van der Waals surface area (Å²) < 4.78 is 55.7. The topological polar surface area (TPSA) is 0 Å². The van der Waals surface area contributed by atoms with Crippen LogP contribution >= 0.6 is 11.6 Å². The molecule has 0 heterocycles. The Hall–Kier alpha value is -0.305. The third-order valence-corrected chi connectivity index (χ3v) is 5.77. The molecular formula is C17H24BClF5I. The second-order valence-electron chi connectivity index (χ2n) is 5.37. The summed E-state index contributed by atoms with van der Waals surface area (Å²) in [7, 11) is -6.00. The summed E-state index contributed by atoms with van der Waals surface area (Å²) in [6.45, 7) is 0. The maximum atomic E-state index is 13.6. The van der Waals surface area contributed by atoms with Crippen LogP contribution in [0.3, 0.4) is 0 Å². The van der Waals surface area contributed by atoms with Crippen molar-refractivity contribution in [2.75, 3.05) is 5.88 Å². The molecule has 0 unspecified atom stereocenters. The Kier molecular flexibility index (Phi) is 15.7. The van der Waals surface area contributed by atoms with Gasteiger partial charge in [-0.25, -0.2) is 4.39 Å². The van der Waals surface area contributed by atoms with Gasteiger partial charge in [0.1, 0.15) is 5.83 Å². The summed E-state index contributed by atoms with van der Waals surface area (Å²) in [6.07, 6.45) is 8.87. The zero-order chi connectivity index (χ0) is 19.0. The SMILES string of the molecule is F/C(=C\[I+]c1ccccc1)CCCCCCCCCCl.F[B-](F)(F)F. The average molecular weight is 497 g/mol. The number of alkyl halides is 1. The van der Waals surface area contributed by atoms with Crippen LogP contribution in [0.15, 0.2) is 40.2 Å². The Labute approximate surface area is 162 Å². The number of rotatable bonds is 11. The van der Waals surface area contributed by atoms with E-state index in [1.165, 1.54) is 29.3 Å². The molecule has 0 aliphatic rings. The molecule has 0 N–H and O–H groups in total. The largest absolute Gasteiger partial charge is 0.673 e. The summed E-state index contributed by atoms with van der Waals surface area (Å²) in [5.74, 6) is 0.865. The molecule has 0 bridgehead atoms. The van der Waals surface area contributed by atoms with E-state index in [-0.39, 0.29) is 27.0 Å². The van der Waals surface area contributed by atoms with Gasteiger partial charge in [0.05, 0.1) is 0 Å². The molecule has 144 valence electrons. The van der Waals surface area contributed by atoms with E-state index in [9.17, 15) is 21.7 Å². The highest BCUT2D eigenvalue weighted by molar-refractivity contribution is 6.50. The summed E-state index contributed by atoms with van der Waals surface area (Å²) in [5.41, 5.74) is 0. The van der Waals surface area contributed by atoms with Crippen molar-refractivity contribution in [3.8, 4) is 0 Å². The molecule has 0 aromatic heterocycles. The first-order valence-corrected chi connectivity index (χ1v) is 11.1. The van der Waals surface area contributed by atoms with Crippen molar-refractivity contribution in [1.82, 2.24) is 0 Å². The highest BCUT2D eigenvalue weighted by atomic mass is 127. The van der Waals surface area contributed by atoms with Crippen LogP contribution in [-0.2, 0) is 0 Å². The van der Waals surface area contributed by atoms with Gasteiger partial charge in [-0.05, 0) is 25.0 Å². The first kappa shape index (κ1) is 24.7. The van der Waals surface area contributed by atoms with Crippen LogP contribution in [0.5, 0.6) is 0 Å². The first-order valence-electron chi connectivity index (χ1n) is 8.29. The van der Waals surface area contributed by atoms with E-state index < -0.39 is 7.25 Å². The van der Waals surface area contributed by atoms with E-state index in [1.54, 1.807) is 0 Å². The second kappa shape index (κ2) is 15.9. The van der Waals surface area contributed by atoms with E-state index >= 15 is 0 Å². The van der Waals surface area contributed by atoms with E-state index in [2.05, 4.69) is 12.1 Å². The van der Waals surface area contributed by atoms with Gasteiger partial charge >= 0.3 is 28.5 Å². The summed E-state index contributed by atoms with van der Waals surface area (Å²) in [6, 6.07) is 10.2. The lowest BCUT2D eigenvalue weighted by Crippen LogP contribution is -3.59. The molecule has 0 aliphatic carbocycles. The van der Waals surface area contributed by atoms with E-state index in [0.29, 0.717) is 6.42 Å². The fourth-order valence-corrected chi connectivity index (χ4v) is 3.96. The van der Waals surface area contributed by atoms with Gasteiger partial charge in [0.15, 0.2) is 7.65 Å². The lowest BCUT2D eigenvalue weighted by Gasteiger charge is -1.99. The zero-order valence-corrected chi connectivity index (χ0v) is 17.0. The van der Waals surface area contributed by atoms with Crippen molar-refractivity contribution in [2.45, 2.75) is 51.4 Å². The van der Waals surface area contributed by atoms with Crippen LogP contribution in [-0.4, -0.2) is 13.1 Å². The van der Waals surface area contributed by atoms with E-state index in [1.807, 2.05) is 22.3 Å². The van der Waals surface area contributed by atoms with Gasteiger partial charge in [-0.1, -0.05) is 50.3 Å². The highest BCUT2D eigenvalue weighted by Gasteiger charge is 2.20. The molecule has 8 heteroatoms. The van der Waals surface area contributed by atoms with Gasteiger partial charge in [0, 0.05) is 12.3 Å². The van der Waals surface area contributed by atoms with Gasteiger partial charge in [0.25, 0.3) is 0 Å². The maximum Gasteiger partial charge on any atom is 0.673 e. The fourth-order valence-electron chi connectivity index (χ4n) is 1.94. The molecule has 0 saturated carbocycles. The molecule has 0 nitrogen and oxygen atoms in total. The molecule has 25 heavy (non-hydrogen) atoms. The summed E-state index contributed by atoms with van der Waals surface area (Å²) in [5, 5.41) is 0. The lowest BCUT2D eigenvalue weighted by atomic mass is 10.1. The quantitative estimate of drug-likeness (QED) is 0.140. The normalized spacial score (nSPS) is 11.8. The third-order valence-electron chi connectivity index (χ3n) is 3.08. The minimum atomic E-state index is -6.00. The van der Waals surface area contributed by atoms with Crippen molar-refractivity contribution in [1.29, 1.82) is 0 Å². The molecule has 0 saturated heterocycles. The molecule has 1 aromatic rings. The molecule has 0 radical (unpaired) electrons. The Bertz CT molecular complexity index is 448. The summed E-state index contributed by atoms with van der Waals surface area (Å²) >= 11 is 5.33. The van der Waals surface area contributed by atoms with Crippen molar-refractivity contribution in [3.05, 3.63) is 43.8 Å². The molecule has 0 fully saturated rings. The third kappa shape index (κ3) is 21.7. The predicted molar refractivity (Wildman–Crippen MR) is 92.2 cm³/mol. The highest BCUT2D eigenvalue weighted by Crippen LogP contribution is 2.12. The van der Waals surface area contributed by atoms with Gasteiger partial charge in [-0.3, -0.25) is 0 Å². The van der Waals surface area contributed by atoms with Gasteiger partial charge in [0.2, 0.25) is 0 Å². The van der Waals surface area contributed by atoms with Crippen LogP contribution < -0.4 is 21.2 Å². The number of hydrogen-bond acceptors (Lipinski definition) is 0. The van der Waals surface area contributed by atoms with Crippen molar-refractivity contribution in [3.63, 3.8) is 0 Å². The molecular weight excluding hydrogens is 472 g/mol. The molecule has 0 spiro atoms. The van der Waals surface area contributed by atoms with Gasteiger partial charge in [-0.15, -0.1) is 11.6 Å². The van der Waals surface area contributed by atoms with Crippen LogP contribution in [0.25, 0.3) is 0 Å². The minimum Gasteiger partial charge on any atom is -0.418 e. The Morgan fingerprint density at radius 3 is 1.88 bits per heavy atom. The van der Waals surface area contributed by atoms with Crippen molar-refractivity contribution >= 4 is 18.9 Å².